The number of hydrogen-bond donors (Lipinski definition) is 3. The lowest BCUT2D eigenvalue weighted by Gasteiger charge is -2.66. The zero-order chi connectivity index (χ0) is 21.6. The molecular weight excluding hydrogens is 376 g/mol. The van der Waals surface area contributed by atoms with Gasteiger partial charge in [0, 0.05) is 22.5 Å². The molecular formula is C26H34O4. The molecule has 6 rings (SSSR count). The van der Waals surface area contributed by atoms with Crippen LogP contribution in [0.5, 0.6) is 11.5 Å². The summed E-state index contributed by atoms with van der Waals surface area (Å²) in [5.74, 6) is 0.838. The zero-order valence-electron chi connectivity index (χ0n) is 18.5. The number of benzene rings is 1. The quantitative estimate of drug-likeness (QED) is 0.430. The fraction of sp³-hybridized carbons (Fsp3) is 0.654. The lowest BCUT2D eigenvalue weighted by molar-refractivity contribution is -0.171. The van der Waals surface area contributed by atoms with Crippen LogP contribution in [0.1, 0.15) is 83.3 Å². The second kappa shape index (κ2) is 6.05. The monoisotopic (exact) mass is 410 g/mol. The molecule has 1 spiro atoms. The normalized spacial score (nSPS) is 41.6. The van der Waals surface area contributed by atoms with Crippen LogP contribution in [0.15, 0.2) is 23.8 Å². The Bertz CT molecular complexity index is 962. The third-order valence-electron chi connectivity index (χ3n) is 9.71. The summed E-state index contributed by atoms with van der Waals surface area (Å²) in [6, 6.07) is 3.27. The predicted octanol–water partition coefficient (Wildman–Crippen LogP) is 5.73. The summed E-state index contributed by atoms with van der Waals surface area (Å²) < 4.78 is 0. The molecule has 0 aromatic heterocycles. The van der Waals surface area contributed by atoms with Crippen molar-refractivity contribution in [1.29, 1.82) is 0 Å². The first-order valence-electron chi connectivity index (χ1n) is 11.6. The van der Waals surface area contributed by atoms with Crippen LogP contribution in [0.3, 0.4) is 0 Å². The van der Waals surface area contributed by atoms with Crippen molar-refractivity contribution in [1.82, 2.24) is 0 Å². The van der Waals surface area contributed by atoms with Crippen LogP contribution in [0, 0.1) is 28.6 Å². The van der Waals surface area contributed by atoms with Crippen molar-refractivity contribution < 1.29 is 20.1 Å². The Balaban J connectivity index is 1.74. The van der Waals surface area contributed by atoms with Gasteiger partial charge in [0.1, 0.15) is 11.5 Å². The van der Waals surface area contributed by atoms with Crippen molar-refractivity contribution in [3.8, 4) is 11.5 Å². The number of carboxylic acids is 1. The Kier molecular flexibility index (Phi) is 4.02. The molecule has 30 heavy (non-hydrogen) atoms. The minimum absolute atomic E-state index is 0.0868. The first-order chi connectivity index (χ1) is 14.1. The molecule has 0 heterocycles. The summed E-state index contributed by atoms with van der Waals surface area (Å²) in [6.07, 6.45) is 7.79. The Morgan fingerprint density at radius 2 is 1.77 bits per heavy atom. The molecule has 2 saturated carbocycles. The number of carbonyl (C=O) groups is 1. The number of aromatic hydroxyl groups is 2. The van der Waals surface area contributed by atoms with Crippen LogP contribution < -0.4 is 0 Å². The van der Waals surface area contributed by atoms with Crippen LogP contribution in [0.2, 0.25) is 0 Å². The molecule has 0 radical (unpaired) electrons. The largest absolute Gasteiger partial charge is 0.508 e. The highest BCUT2D eigenvalue weighted by molar-refractivity contribution is 5.75. The van der Waals surface area contributed by atoms with Gasteiger partial charge in [-0.25, -0.2) is 0 Å². The van der Waals surface area contributed by atoms with E-state index in [4.69, 9.17) is 0 Å². The van der Waals surface area contributed by atoms with Crippen LogP contribution >= 0.6 is 0 Å². The van der Waals surface area contributed by atoms with Crippen LogP contribution in [-0.2, 0) is 10.2 Å². The average molecular weight is 411 g/mol. The Labute approximate surface area is 179 Å². The topological polar surface area (TPSA) is 77.8 Å². The number of phenolic OH excluding ortho intramolecular Hbond substituents is 2. The maximum atomic E-state index is 12.3. The third kappa shape index (κ3) is 2.20. The van der Waals surface area contributed by atoms with Gasteiger partial charge in [-0.1, -0.05) is 38.8 Å². The second-order valence-electron chi connectivity index (χ2n) is 11.2. The highest BCUT2D eigenvalue weighted by atomic mass is 16.4. The van der Waals surface area contributed by atoms with Crippen molar-refractivity contribution >= 4 is 5.97 Å². The minimum atomic E-state index is -0.681. The fourth-order valence-electron chi connectivity index (χ4n) is 8.47. The molecule has 0 saturated heterocycles. The first kappa shape index (κ1) is 20.0. The Morgan fingerprint density at radius 3 is 2.43 bits per heavy atom. The highest BCUT2D eigenvalue weighted by Gasteiger charge is 2.66. The van der Waals surface area contributed by atoms with Crippen LogP contribution in [0.25, 0.3) is 0 Å². The molecule has 0 unspecified atom stereocenters. The van der Waals surface area contributed by atoms with Gasteiger partial charge in [-0.2, -0.15) is 0 Å². The average Bonchev–Trinajstić information content (AvgIpc) is 2.69. The smallest absolute Gasteiger partial charge is 0.309 e. The second-order valence-corrected chi connectivity index (χ2v) is 11.2. The summed E-state index contributed by atoms with van der Waals surface area (Å²) in [6.45, 7) is 8.72. The van der Waals surface area contributed by atoms with E-state index < -0.39 is 11.4 Å². The van der Waals surface area contributed by atoms with E-state index in [1.165, 1.54) is 5.57 Å². The number of aliphatic carboxylic acids is 1. The number of fused-ring (bicyclic) bond motifs is 1. The molecule has 2 fully saturated rings. The molecule has 162 valence electrons. The summed E-state index contributed by atoms with van der Waals surface area (Å²) in [5, 5.41) is 32.0. The summed E-state index contributed by atoms with van der Waals surface area (Å²) in [7, 11) is 0. The van der Waals surface area contributed by atoms with Gasteiger partial charge in [-0.3, -0.25) is 4.79 Å². The molecule has 4 heteroatoms. The molecule has 2 bridgehead atoms. The molecule has 1 aromatic carbocycles. The van der Waals surface area contributed by atoms with Crippen molar-refractivity contribution in [2.45, 2.75) is 77.6 Å². The van der Waals surface area contributed by atoms with E-state index in [1.807, 2.05) is 6.92 Å². The van der Waals surface area contributed by atoms with Gasteiger partial charge in [-0.15, -0.1) is 0 Å². The van der Waals surface area contributed by atoms with E-state index in [0.717, 1.165) is 49.7 Å². The van der Waals surface area contributed by atoms with Crippen LogP contribution in [-0.4, -0.2) is 21.3 Å². The molecule has 0 aliphatic heterocycles. The molecule has 4 nitrogen and oxygen atoms in total. The van der Waals surface area contributed by atoms with E-state index in [9.17, 15) is 20.1 Å². The number of hydrogen-bond acceptors (Lipinski definition) is 3. The third-order valence-corrected chi connectivity index (χ3v) is 9.71. The summed E-state index contributed by atoms with van der Waals surface area (Å²) in [5.41, 5.74) is 2.15. The molecule has 5 aliphatic carbocycles. The van der Waals surface area contributed by atoms with Crippen molar-refractivity contribution in [2.24, 2.45) is 28.6 Å². The summed E-state index contributed by atoms with van der Waals surface area (Å²) >= 11 is 0. The van der Waals surface area contributed by atoms with E-state index in [0.29, 0.717) is 11.7 Å². The van der Waals surface area contributed by atoms with Gasteiger partial charge in [0.25, 0.3) is 0 Å². The van der Waals surface area contributed by atoms with Crippen molar-refractivity contribution in [3.05, 3.63) is 34.9 Å². The number of allylic oxidation sites excluding steroid dienone is 2. The van der Waals surface area contributed by atoms with E-state index in [1.54, 1.807) is 12.1 Å². The molecule has 3 N–H and O–H groups in total. The minimum Gasteiger partial charge on any atom is -0.508 e. The Hall–Kier alpha value is -1.97. The van der Waals surface area contributed by atoms with Gasteiger partial charge < -0.3 is 15.3 Å². The maximum absolute atomic E-state index is 12.3. The van der Waals surface area contributed by atoms with E-state index in [2.05, 4.69) is 26.8 Å². The standard InChI is InChI=1S/C26H34O4/c1-14(2)16-13-26-11-8-19-24(3,9-5-10-25(19,4)23(29)30)20(26)12-15(16)21-17(27)6-7-18(28)22(21)26/h6-7,13-15,19-20,27-28H,5,8-12H2,1-4H3,(H,29,30)/t15-,19-,20-,24-,25+,26+/m0/s1. The number of rotatable bonds is 2. The number of carboxylic acid groups (broad SMARTS) is 1. The van der Waals surface area contributed by atoms with Gasteiger partial charge in [0.2, 0.25) is 0 Å². The number of phenols is 2. The molecule has 6 atom stereocenters. The zero-order valence-corrected chi connectivity index (χ0v) is 18.5. The van der Waals surface area contributed by atoms with E-state index >= 15 is 0 Å². The first-order valence-corrected chi connectivity index (χ1v) is 11.6. The van der Waals surface area contributed by atoms with Gasteiger partial charge >= 0.3 is 5.97 Å². The molecule has 5 aliphatic rings. The Morgan fingerprint density at radius 1 is 1.07 bits per heavy atom. The highest BCUT2D eigenvalue weighted by Crippen LogP contribution is 2.73. The maximum Gasteiger partial charge on any atom is 0.309 e. The molecule has 0 amide bonds. The summed E-state index contributed by atoms with van der Waals surface area (Å²) in [4.78, 5) is 12.3. The SMILES string of the molecule is CC(C)C1=C[C@]23CC[C@H]4[C@](C)(CCC[C@@]4(C)C(=O)O)[C@@H]2C[C@@H]1c1c(O)ccc(O)c13. The van der Waals surface area contributed by atoms with Crippen LogP contribution in [0.4, 0.5) is 0 Å². The molecule has 1 aromatic rings. The fourth-order valence-corrected chi connectivity index (χ4v) is 8.47. The van der Waals surface area contributed by atoms with Gasteiger partial charge in [-0.05, 0) is 74.3 Å². The predicted molar refractivity (Wildman–Crippen MR) is 116 cm³/mol. The van der Waals surface area contributed by atoms with Gasteiger partial charge in [0.15, 0.2) is 0 Å². The van der Waals surface area contributed by atoms with Gasteiger partial charge in [0.05, 0.1) is 5.41 Å². The van der Waals surface area contributed by atoms with E-state index in [-0.39, 0.29) is 34.3 Å². The lowest BCUT2D eigenvalue weighted by atomic mass is 9.37. The van der Waals surface area contributed by atoms with Crippen molar-refractivity contribution in [2.75, 3.05) is 0 Å². The van der Waals surface area contributed by atoms with Crippen molar-refractivity contribution in [3.63, 3.8) is 0 Å². The lowest BCUT2D eigenvalue weighted by Crippen LogP contribution is -2.61.